The second-order valence-corrected chi connectivity index (χ2v) is 9.10. The number of nitrogens with two attached hydrogens (primary N) is 1. The molecule has 11 heteroatoms. The van der Waals surface area contributed by atoms with E-state index in [4.69, 9.17) is 10.5 Å². The van der Waals surface area contributed by atoms with E-state index >= 15 is 0 Å². The predicted octanol–water partition coefficient (Wildman–Crippen LogP) is 6.40. The van der Waals surface area contributed by atoms with Gasteiger partial charge in [0.1, 0.15) is 17.5 Å². The molecule has 2 heterocycles. The van der Waals surface area contributed by atoms with Crippen LogP contribution in [0.15, 0.2) is 73.1 Å². The summed E-state index contributed by atoms with van der Waals surface area (Å²) in [7, 11) is 1.50. The molecule has 0 fully saturated rings. The lowest BCUT2D eigenvalue weighted by Gasteiger charge is -2.18. The van der Waals surface area contributed by atoms with E-state index in [2.05, 4.69) is 20.3 Å². The van der Waals surface area contributed by atoms with E-state index in [1.165, 1.54) is 25.4 Å². The molecule has 0 spiro atoms. The number of nitrogens with one attached hydrogen (secondary N) is 1. The molecule has 0 aliphatic carbocycles. The van der Waals surface area contributed by atoms with E-state index in [9.17, 15) is 23.2 Å². The molecule has 0 atom stereocenters. The van der Waals surface area contributed by atoms with E-state index < -0.39 is 17.6 Å². The Morgan fingerprint density at radius 2 is 1.83 bits per heavy atom. The molecule has 0 saturated heterocycles. The number of hydrogen-bond acceptors (Lipinski definition) is 7. The molecule has 41 heavy (non-hydrogen) atoms. The lowest BCUT2D eigenvalue weighted by molar-refractivity contribution is -0.137. The zero-order valence-corrected chi connectivity index (χ0v) is 21.7. The van der Waals surface area contributed by atoms with Crippen molar-refractivity contribution in [1.29, 1.82) is 5.26 Å². The maximum Gasteiger partial charge on any atom is 0.416 e. The number of pyridine rings is 1. The molecular formula is C30H21F3N6O2. The number of anilines is 2. The van der Waals surface area contributed by atoms with Crippen molar-refractivity contribution in [1.82, 2.24) is 15.0 Å². The van der Waals surface area contributed by atoms with Gasteiger partial charge in [-0.15, -0.1) is 0 Å². The normalized spacial score (nSPS) is 11.2. The number of hydrogen-bond donors (Lipinski definition) is 2. The van der Waals surface area contributed by atoms with E-state index in [0.29, 0.717) is 38.9 Å². The Kier molecular flexibility index (Phi) is 6.99. The summed E-state index contributed by atoms with van der Waals surface area (Å²) < 4.78 is 45.3. The van der Waals surface area contributed by atoms with Crippen molar-refractivity contribution in [2.45, 2.75) is 13.1 Å². The van der Waals surface area contributed by atoms with Gasteiger partial charge in [-0.25, -0.2) is 15.0 Å². The Bertz CT molecular complexity index is 1850. The number of aromatic nitrogens is 3. The number of nitriles is 1. The Hall–Kier alpha value is -5.50. The Labute approximate surface area is 232 Å². The molecule has 0 bridgehead atoms. The van der Waals surface area contributed by atoms with Crippen LogP contribution in [-0.4, -0.2) is 28.0 Å². The molecule has 5 rings (SSSR count). The molecule has 204 valence electrons. The van der Waals surface area contributed by atoms with Crippen molar-refractivity contribution in [2.75, 3.05) is 18.2 Å². The number of fused-ring (bicyclic) bond motifs is 1. The molecule has 5 aromatic rings. The largest absolute Gasteiger partial charge is 0.495 e. The highest BCUT2D eigenvalue weighted by Gasteiger charge is 2.30. The van der Waals surface area contributed by atoms with Gasteiger partial charge in [0.25, 0.3) is 5.91 Å². The standard InChI is InChI=1S/C30H21F3N6O2/c1-16-6-7-17(28(40)38-21-5-3-4-20(12-21)30(31,32)33)10-23(16)24-11-19-15-37-29(35)39-26(19)25(27(24)41-2)18-8-9-22(13-34)36-14-18/h3-12,14-15H,1-2H3,(H,38,40)(H2,35,37,39). The SMILES string of the molecule is COc1c(-c2cc(C(=O)Nc3cccc(C(F)(F)F)c3)ccc2C)cc2cnc(N)nc2c1-c1ccc(C#N)nc1. The number of methoxy groups -OCH3 is 1. The number of alkyl halides is 3. The van der Waals surface area contributed by atoms with Gasteiger partial charge in [0.2, 0.25) is 5.95 Å². The van der Waals surface area contributed by atoms with Crippen molar-refractivity contribution < 1.29 is 22.7 Å². The van der Waals surface area contributed by atoms with Crippen LogP contribution in [0.1, 0.15) is 27.2 Å². The van der Waals surface area contributed by atoms with Gasteiger partial charge in [-0.1, -0.05) is 12.1 Å². The summed E-state index contributed by atoms with van der Waals surface area (Å²) in [6.07, 6.45) is -1.44. The molecule has 0 aliphatic rings. The maximum atomic E-state index is 13.2. The topological polar surface area (TPSA) is 127 Å². The van der Waals surface area contributed by atoms with Crippen molar-refractivity contribution in [2.24, 2.45) is 0 Å². The fourth-order valence-electron chi connectivity index (χ4n) is 4.49. The van der Waals surface area contributed by atoms with Gasteiger partial charge in [0.05, 0.1) is 23.8 Å². The summed E-state index contributed by atoms with van der Waals surface area (Å²) in [6, 6.07) is 16.5. The molecule has 2 aromatic heterocycles. The molecular weight excluding hydrogens is 533 g/mol. The van der Waals surface area contributed by atoms with Crippen molar-refractivity contribution in [3.63, 3.8) is 0 Å². The molecule has 8 nitrogen and oxygen atoms in total. The summed E-state index contributed by atoms with van der Waals surface area (Å²) in [5.41, 5.74) is 9.23. The quantitative estimate of drug-likeness (QED) is 0.257. The van der Waals surface area contributed by atoms with Crippen LogP contribution in [0.25, 0.3) is 33.2 Å². The number of rotatable bonds is 5. The van der Waals surface area contributed by atoms with Crippen LogP contribution in [0.4, 0.5) is 24.8 Å². The van der Waals surface area contributed by atoms with Crippen LogP contribution in [0.3, 0.4) is 0 Å². The highest BCUT2D eigenvalue weighted by atomic mass is 19.4. The summed E-state index contributed by atoms with van der Waals surface area (Å²) in [4.78, 5) is 25.9. The van der Waals surface area contributed by atoms with Crippen LogP contribution in [-0.2, 0) is 6.18 Å². The van der Waals surface area contributed by atoms with Gasteiger partial charge in [0, 0.05) is 40.2 Å². The first-order chi connectivity index (χ1) is 19.6. The van der Waals surface area contributed by atoms with E-state index in [1.807, 2.05) is 19.1 Å². The van der Waals surface area contributed by atoms with Crippen LogP contribution in [0.5, 0.6) is 5.75 Å². The fourth-order valence-corrected chi connectivity index (χ4v) is 4.49. The Morgan fingerprint density at radius 3 is 2.51 bits per heavy atom. The zero-order valence-electron chi connectivity index (χ0n) is 21.7. The van der Waals surface area contributed by atoms with Crippen LogP contribution in [0, 0.1) is 18.3 Å². The van der Waals surface area contributed by atoms with Crippen molar-refractivity contribution >= 4 is 28.4 Å². The number of halogens is 3. The third kappa shape index (κ3) is 5.35. The number of carbonyl (C=O) groups is 1. The minimum atomic E-state index is -4.54. The lowest BCUT2D eigenvalue weighted by Crippen LogP contribution is -2.13. The van der Waals surface area contributed by atoms with Gasteiger partial charge in [-0.2, -0.15) is 18.4 Å². The zero-order chi connectivity index (χ0) is 29.3. The first kappa shape index (κ1) is 27.1. The molecule has 1 amide bonds. The van der Waals surface area contributed by atoms with Crippen LogP contribution in [0.2, 0.25) is 0 Å². The van der Waals surface area contributed by atoms with Gasteiger partial charge < -0.3 is 15.8 Å². The number of nitrogen functional groups attached to an aromatic ring is 1. The molecule has 3 N–H and O–H groups in total. The first-order valence-corrected chi connectivity index (χ1v) is 12.2. The monoisotopic (exact) mass is 554 g/mol. The summed E-state index contributed by atoms with van der Waals surface area (Å²) in [5, 5.41) is 12.4. The summed E-state index contributed by atoms with van der Waals surface area (Å²) >= 11 is 0. The number of amides is 1. The molecule has 0 unspecified atom stereocenters. The lowest BCUT2D eigenvalue weighted by atomic mass is 9.91. The third-order valence-electron chi connectivity index (χ3n) is 6.45. The van der Waals surface area contributed by atoms with Crippen LogP contribution >= 0.6 is 0 Å². The summed E-state index contributed by atoms with van der Waals surface area (Å²) in [5.74, 6) is -0.113. The number of nitrogens with zero attached hydrogens (tertiary/aromatic N) is 4. The number of aryl methyl sites for hydroxylation is 1. The second-order valence-electron chi connectivity index (χ2n) is 9.10. The number of carbonyl (C=O) groups excluding carboxylic acids is 1. The molecule has 0 aliphatic heterocycles. The Balaban J connectivity index is 1.64. The minimum absolute atomic E-state index is 0.0144. The smallest absolute Gasteiger partial charge is 0.416 e. The summed E-state index contributed by atoms with van der Waals surface area (Å²) in [6.45, 7) is 1.86. The van der Waals surface area contributed by atoms with Crippen molar-refractivity contribution in [3.8, 4) is 34.1 Å². The highest BCUT2D eigenvalue weighted by molar-refractivity contribution is 6.06. The van der Waals surface area contributed by atoms with E-state index in [1.54, 1.807) is 36.5 Å². The van der Waals surface area contributed by atoms with Gasteiger partial charge >= 0.3 is 6.18 Å². The van der Waals surface area contributed by atoms with E-state index in [-0.39, 0.29) is 22.9 Å². The van der Waals surface area contributed by atoms with Gasteiger partial charge in [-0.05, 0) is 66.6 Å². The van der Waals surface area contributed by atoms with E-state index in [0.717, 1.165) is 17.7 Å². The van der Waals surface area contributed by atoms with Gasteiger partial charge in [-0.3, -0.25) is 4.79 Å². The number of benzene rings is 3. The minimum Gasteiger partial charge on any atom is -0.495 e. The molecule has 0 radical (unpaired) electrons. The average Bonchev–Trinajstić information content (AvgIpc) is 2.96. The Morgan fingerprint density at radius 1 is 1.02 bits per heavy atom. The predicted molar refractivity (Wildman–Crippen MR) is 148 cm³/mol. The average molecular weight is 555 g/mol. The molecule has 0 saturated carbocycles. The maximum absolute atomic E-state index is 13.2. The number of ether oxygens (including phenoxy) is 1. The van der Waals surface area contributed by atoms with Crippen molar-refractivity contribution in [3.05, 3.63) is 95.4 Å². The highest BCUT2D eigenvalue weighted by Crippen LogP contribution is 2.44. The first-order valence-electron chi connectivity index (χ1n) is 12.2. The fraction of sp³-hybridized carbons (Fsp3) is 0.100. The van der Waals surface area contributed by atoms with Crippen LogP contribution < -0.4 is 15.8 Å². The third-order valence-corrected chi connectivity index (χ3v) is 6.45. The second kappa shape index (κ2) is 10.6. The molecule has 3 aromatic carbocycles. The van der Waals surface area contributed by atoms with Gasteiger partial charge in [0.15, 0.2) is 0 Å².